The molecule has 1 heterocycles. The van der Waals surface area contributed by atoms with Gasteiger partial charge >= 0.3 is 5.97 Å². The number of amides is 1. The topological polar surface area (TPSA) is 90.5 Å². The van der Waals surface area contributed by atoms with E-state index in [4.69, 9.17) is 5.73 Å². The molecule has 0 aliphatic heterocycles. The highest BCUT2D eigenvalue weighted by Gasteiger charge is 2.20. The van der Waals surface area contributed by atoms with Crippen molar-refractivity contribution in [2.75, 3.05) is 26.4 Å². The van der Waals surface area contributed by atoms with Gasteiger partial charge < -0.3 is 15.4 Å². The maximum Gasteiger partial charge on any atom is 0.307 e. The van der Waals surface area contributed by atoms with Crippen molar-refractivity contribution in [1.29, 1.82) is 0 Å². The molecular weight excluding hydrogens is 236 g/mol. The number of hydrogen-bond acceptors (Lipinski definition) is 5. The van der Waals surface area contributed by atoms with Crippen molar-refractivity contribution >= 4 is 17.6 Å². The lowest BCUT2D eigenvalue weighted by Crippen LogP contribution is -2.31. The summed E-state index contributed by atoms with van der Waals surface area (Å²) in [5.74, 6) is -0.609. The van der Waals surface area contributed by atoms with Crippen LogP contribution in [-0.4, -0.2) is 47.3 Å². The van der Waals surface area contributed by atoms with Crippen LogP contribution in [0.25, 0.3) is 0 Å². The standard InChI is InChI=1S/C11H18N4O3/c1-4-15-10(8(12)7-13-15)11(17)14(2)6-5-9(16)18-3/h7H,4-6,12H2,1-3H3. The smallest absolute Gasteiger partial charge is 0.307 e. The highest BCUT2D eigenvalue weighted by Crippen LogP contribution is 2.13. The summed E-state index contributed by atoms with van der Waals surface area (Å²) in [4.78, 5) is 24.6. The highest BCUT2D eigenvalue weighted by atomic mass is 16.5. The predicted molar refractivity (Wildman–Crippen MR) is 65.9 cm³/mol. The average molecular weight is 254 g/mol. The summed E-state index contributed by atoms with van der Waals surface area (Å²) in [5.41, 5.74) is 6.41. The van der Waals surface area contributed by atoms with E-state index in [9.17, 15) is 9.59 Å². The molecule has 0 aliphatic rings. The fraction of sp³-hybridized carbons (Fsp3) is 0.545. The van der Waals surface area contributed by atoms with Gasteiger partial charge in [-0.25, -0.2) is 0 Å². The Morgan fingerprint density at radius 3 is 2.78 bits per heavy atom. The monoisotopic (exact) mass is 254 g/mol. The molecule has 0 unspecified atom stereocenters. The van der Waals surface area contributed by atoms with Gasteiger partial charge in [-0.2, -0.15) is 5.10 Å². The number of nitrogens with zero attached hydrogens (tertiary/aromatic N) is 3. The van der Waals surface area contributed by atoms with Crippen LogP contribution in [0.1, 0.15) is 23.8 Å². The molecule has 1 amide bonds. The van der Waals surface area contributed by atoms with Crippen molar-refractivity contribution in [2.45, 2.75) is 19.9 Å². The second-order valence-corrected chi connectivity index (χ2v) is 3.82. The Balaban J connectivity index is 2.74. The highest BCUT2D eigenvalue weighted by molar-refractivity contribution is 5.97. The van der Waals surface area contributed by atoms with Crippen LogP contribution >= 0.6 is 0 Å². The summed E-state index contributed by atoms with van der Waals surface area (Å²) in [6.45, 7) is 2.71. The number of hydrogen-bond donors (Lipinski definition) is 1. The number of carbonyl (C=O) groups is 2. The molecule has 100 valence electrons. The minimum absolute atomic E-state index is 0.152. The molecule has 0 bridgehead atoms. The molecule has 1 rings (SSSR count). The number of esters is 1. The van der Waals surface area contributed by atoms with E-state index < -0.39 is 0 Å². The maximum atomic E-state index is 12.1. The number of aryl methyl sites for hydroxylation is 1. The summed E-state index contributed by atoms with van der Waals surface area (Å²) >= 11 is 0. The molecule has 1 aromatic rings. The van der Waals surface area contributed by atoms with Crippen molar-refractivity contribution in [1.82, 2.24) is 14.7 Å². The first-order valence-corrected chi connectivity index (χ1v) is 5.64. The molecule has 7 nitrogen and oxygen atoms in total. The zero-order valence-corrected chi connectivity index (χ0v) is 10.8. The average Bonchev–Trinajstić information content (AvgIpc) is 2.75. The number of ether oxygens (including phenoxy) is 1. The first kappa shape index (κ1) is 14.0. The number of carbonyl (C=O) groups excluding carboxylic acids is 2. The molecule has 1 aromatic heterocycles. The second kappa shape index (κ2) is 6.04. The van der Waals surface area contributed by atoms with E-state index >= 15 is 0 Å². The zero-order chi connectivity index (χ0) is 13.7. The number of aromatic nitrogens is 2. The van der Waals surface area contributed by atoms with Gasteiger partial charge in [0.15, 0.2) is 0 Å². The molecule has 2 N–H and O–H groups in total. The first-order valence-electron chi connectivity index (χ1n) is 5.64. The molecule has 0 saturated carbocycles. The molecule has 7 heteroatoms. The molecule has 0 aromatic carbocycles. The summed E-state index contributed by atoms with van der Waals surface area (Å²) in [7, 11) is 2.92. The quantitative estimate of drug-likeness (QED) is 0.754. The molecule has 0 aliphatic carbocycles. The summed E-state index contributed by atoms with van der Waals surface area (Å²) in [6.07, 6.45) is 1.60. The molecule has 0 spiro atoms. The van der Waals surface area contributed by atoms with Gasteiger partial charge in [-0.1, -0.05) is 0 Å². The van der Waals surface area contributed by atoms with Crippen LogP contribution in [0.3, 0.4) is 0 Å². The van der Waals surface area contributed by atoms with Crippen LogP contribution in [0.15, 0.2) is 6.20 Å². The number of anilines is 1. The maximum absolute atomic E-state index is 12.1. The Morgan fingerprint density at radius 1 is 1.56 bits per heavy atom. The normalized spacial score (nSPS) is 10.2. The van der Waals surface area contributed by atoms with E-state index in [2.05, 4.69) is 9.84 Å². The molecule has 0 radical (unpaired) electrons. The number of nitrogen functional groups attached to an aromatic ring is 1. The number of rotatable bonds is 5. The van der Waals surface area contributed by atoms with Crippen LogP contribution in [-0.2, 0) is 16.1 Å². The van der Waals surface area contributed by atoms with E-state index in [0.717, 1.165) is 0 Å². The van der Waals surface area contributed by atoms with Gasteiger partial charge in [0.25, 0.3) is 5.91 Å². The van der Waals surface area contributed by atoms with Crippen LogP contribution in [0.5, 0.6) is 0 Å². The van der Waals surface area contributed by atoms with Gasteiger partial charge in [0.2, 0.25) is 0 Å². The largest absolute Gasteiger partial charge is 0.469 e. The van der Waals surface area contributed by atoms with Crippen LogP contribution in [0, 0.1) is 0 Å². The molecule has 0 saturated heterocycles. The molecule has 0 atom stereocenters. The van der Waals surface area contributed by atoms with Crippen molar-refractivity contribution in [3.63, 3.8) is 0 Å². The van der Waals surface area contributed by atoms with Gasteiger partial charge in [-0.3, -0.25) is 14.3 Å². The molecular formula is C11H18N4O3. The van der Waals surface area contributed by atoms with Gasteiger partial charge in [-0.15, -0.1) is 0 Å². The van der Waals surface area contributed by atoms with Gasteiger partial charge in [0, 0.05) is 20.1 Å². The van der Waals surface area contributed by atoms with Gasteiger partial charge in [0.05, 0.1) is 25.4 Å². The molecule has 18 heavy (non-hydrogen) atoms. The Kier molecular flexibility index (Phi) is 4.70. The summed E-state index contributed by atoms with van der Waals surface area (Å²) < 4.78 is 6.05. The lowest BCUT2D eigenvalue weighted by Gasteiger charge is -2.17. The van der Waals surface area contributed by atoms with Crippen LogP contribution in [0.2, 0.25) is 0 Å². The third-order valence-corrected chi connectivity index (χ3v) is 2.60. The van der Waals surface area contributed by atoms with Crippen molar-refractivity contribution in [2.24, 2.45) is 0 Å². The van der Waals surface area contributed by atoms with Crippen molar-refractivity contribution in [3.05, 3.63) is 11.9 Å². The zero-order valence-electron chi connectivity index (χ0n) is 10.8. The first-order chi connectivity index (χ1) is 8.51. The third-order valence-electron chi connectivity index (χ3n) is 2.60. The SMILES string of the molecule is CCn1ncc(N)c1C(=O)N(C)CCC(=O)OC. The van der Waals surface area contributed by atoms with E-state index in [1.54, 1.807) is 7.05 Å². The van der Waals surface area contributed by atoms with E-state index in [0.29, 0.717) is 17.9 Å². The molecule has 0 fully saturated rings. The van der Waals surface area contributed by atoms with Gasteiger partial charge in [-0.05, 0) is 6.92 Å². The van der Waals surface area contributed by atoms with E-state index in [1.807, 2.05) is 6.92 Å². The van der Waals surface area contributed by atoms with Crippen molar-refractivity contribution < 1.29 is 14.3 Å². The fourth-order valence-electron chi connectivity index (χ4n) is 1.52. The van der Waals surface area contributed by atoms with E-state index in [1.165, 1.54) is 22.9 Å². The summed E-state index contributed by atoms with van der Waals surface area (Å²) in [6, 6.07) is 0. The lowest BCUT2D eigenvalue weighted by atomic mass is 10.3. The Labute approximate surface area is 105 Å². The van der Waals surface area contributed by atoms with Gasteiger partial charge in [0.1, 0.15) is 5.69 Å². The number of nitrogens with two attached hydrogens (primary N) is 1. The fourth-order valence-corrected chi connectivity index (χ4v) is 1.52. The van der Waals surface area contributed by atoms with Crippen molar-refractivity contribution in [3.8, 4) is 0 Å². The third kappa shape index (κ3) is 2.99. The minimum Gasteiger partial charge on any atom is -0.469 e. The van der Waals surface area contributed by atoms with Crippen LogP contribution < -0.4 is 5.73 Å². The Bertz CT molecular complexity index is 441. The minimum atomic E-state index is -0.355. The van der Waals surface area contributed by atoms with E-state index in [-0.39, 0.29) is 24.8 Å². The number of methoxy groups -OCH3 is 1. The lowest BCUT2D eigenvalue weighted by molar-refractivity contribution is -0.140. The van der Waals surface area contributed by atoms with Crippen LogP contribution in [0.4, 0.5) is 5.69 Å². The summed E-state index contributed by atoms with van der Waals surface area (Å²) in [5, 5.41) is 4.00. The Hall–Kier alpha value is -2.05. The predicted octanol–water partition coefficient (Wildman–Crippen LogP) is 0.120. The second-order valence-electron chi connectivity index (χ2n) is 3.82. The Morgan fingerprint density at radius 2 is 2.22 bits per heavy atom.